The molecule has 0 saturated heterocycles. The Kier molecular flexibility index (Phi) is 4.07. The van der Waals surface area contributed by atoms with Gasteiger partial charge in [-0.15, -0.1) is 0 Å². The van der Waals surface area contributed by atoms with E-state index in [4.69, 9.17) is 8.94 Å². The van der Waals surface area contributed by atoms with Gasteiger partial charge in [0.2, 0.25) is 11.7 Å². The molecule has 0 unspecified atom stereocenters. The fourth-order valence-electron chi connectivity index (χ4n) is 2.41. The number of fused-ring (bicyclic) bond motifs is 1. The van der Waals surface area contributed by atoms with E-state index in [1.807, 2.05) is 48.5 Å². The largest absolute Gasteiger partial charge is 0.451 e. The minimum atomic E-state index is -0.335. The van der Waals surface area contributed by atoms with Crippen LogP contribution in [-0.2, 0) is 6.54 Å². The normalized spacial score (nSPS) is 10.9. The Balaban J connectivity index is 1.45. The summed E-state index contributed by atoms with van der Waals surface area (Å²) in [5, 5.41) is 7.52. The van der Waals surface area contributed by atoms with Gasteiger partial charge in [0.05, 0.1) is 6.54 Å². The van der Waals surface area contributed by atoms with Gasteiger partial charge in [-0.2, -0.15) is 4.98 Å². The van der Waals surface area contributed by atoms with Crippen LogP contribution in [0.15, 0.2) is 68.0 Å². The number of nitrogens with one attached hydrogen (secondary N) is 1. The highest BCUT2D eigenvalue weighted by atomic mass is 79.9. The molecule has 6 nitrogen and oxygen atoms in total. The number of furan rings is 1. The molecule has 4 rings (SSSR count). The summed E-state index contributed by atoms with van der Waals surface area (Å²) in [6, 6.07) is 16.7. The molecule has 0 aliphatic heterocycles. The average Bonchev–Trinajstić information content (AvgIpc) is 3.26. The number of amides is 1. The highest BCUT2D eigenvalue weighted by Gasteiger charge is 2.14. The standard InChI is InChI=1S/C18H12BrN3O3/c19-13-6-3-5-12(8-13)17-21-16(25-22-17)10-20-18(23)15-9-11-4-1-2-7-14(11)24-15/h1-9H,10H2,(H,20,23). The van der Waals surface area contributed by atoms with Gasteiger partial charge in [0.1, 0.15) is 5.58 Å². The van der Waals surface area contributed by atoms with Gasteiger partial charge in [0, 0.05) is 15.4 Å². The Hall–Kier alpha value is -2.93. The number of hydrogen-bond donors (Lipinski definition) is 1. The summed E-state index contributed by atoms with van der Waals surface area (Å²) in [7, 11) is 0. The first kappa shape index (κ1) is 15.6. The molecule has 2 aromatic carbocycles. The number of para-hydroxylation sites is 1. The molecule has 0 aliphatic carbocycles. The molecular weight excluding hydrogens is 386 g/mol. The SMILES string of the molecule is O=C(NCc1nc(-c2cccc(Br)c2)no1)c1cc2ccccc2o1. The average molecular weight is 398 g/mol. The summed E-state index contributed by atoms with van der Waals surface area (Å²) in [4.78, 5) is 16.5. The second kappa shape index (κ2) is 6.52. The molecule has 0 atom stereocenters. The minimum absolute atomic E-state index is 0.122. The van der Waals surface area contributed by atoms with E-state index in [0.717, 1.165) is 15.4 Å². The molecule has 0 fully saturated rings. The number of aromatic nitrogens is 2. The van der Waals surface area contributed by atoms with Crippen LogP contribution in [0.25, 0.3) is 22.4 Å². The van der Waals surface area contributed by atoms with Crippen LogP contribution in [0.5, 0.6) is 0 Å². The molecule has 0 saturated carbocycles. The fraction of sp³-hybridized carbons (Fsp3) is 0.0556. The predicted molar refractivity (Wildman–Crippen MR) is 94.8 cm³/mol. The van der Waals surface area contributed by atoms with Crippen molar-refractivity contribution in [2.24, 2.45) is 0 Å². The lowest BCUT2D eigenvalue weighted by atomic mass is 10.2. The van der Waals surface area contributed by atoms with Crippen molar-refractivity contribution in [1.29, 1.82) is 0 Å². The van der Waals surface area contributed by atoms with Crippen LogP contribution in [0.1, 0.15) is 16.4 Å². The van der Waals surface area contributed by atoms with E-state index in [1.165, 1.54) is 0 Å². The maximum Gasteiger partial charge on any atom is 0.287 e. The van der Waals surface area contributed by atoms with Gasteiger partial charge in [0.15, 0.2) is 5.76 Å². The second-order valence-corrected chi connectivity index (χ2v) is 6.27. The van der Waals surface area contributed by atoms with Crippen molar-refractivity contribution in [2.75, 3.05) is 0 Å². The van der Waals surface area contributed by atoms with Crippen molar-refractivity contribution in [3.63, 3.8) is 0 Å². The van der Waals surface area contributed by atoms with E-state index in [9.17, 15) is 4.79 Å². The van der Waals surface area contributed by atoms with Gasteiger partial charge in [-0.1, -0.05) is 51.4 Å². The van der Waals surface area contributed by atoms with Crippen LogP contribution in [-0.4, -0.2) is 16.0 Å². The summed E-state index contributed by atoms with van der Waals surface area (Å²) >= 11 is 3.40. The predicted octanol–water partition coefficient (Wildman–Crippen LogP) is 4.18. The van der Waals surface area contributed by atoms with Crippen molar-refractivity contribution >= 4 is 32.8 Å². The molecular formula is C18H12BrN3O3. The van der Waals surface area contributed by atoms with E-state index < -0.39 is 0 Å². The van der Waals surface area contributed by atoms with Crippen LogP contribution in [0.3, 0.4) is 0 Å². The molecule has 124 valence electrons. The van der Waals surface area contributed by atoms with Gasteiger partial charge >= 0.3 is 0 Å². The molecule has 2 aromatic heterocycles. The monoisotopic (exact) mass is 397 g/mol. The lowest BCUT2D eigenvalue weighted by molar-refractivity contribution is 0.0920. The zero-order valence-corrected chi connectivity index (χ0v) is 14.5. The summed E-state index contributed by atoms with van der Waals surface area (Å²) in [5.74, 6) is 0.694. The number of carbonyl (C=O) groups excluding carboxylic acids is 1. The number of benzene rings is 2. The van der Waals surface area contributed by atoms with E-state index in [1.54, 1.807) is 6.07 Å². The number of nitrogens with zero attached hydrogens (tertiary/aromatic N) is 2. The first-order chi connectivity index (χ1) is 12.2. The van der Waals surface area contributed by atoms with Crippen molar-refractivity contribution in [3.05, 3.63) is 70.7 Å². The van der Waals surface area contributed by atoms with E-state index in [0.29, 0.717) is 17.3 Å². The fourth-order valence-corrected chi connectivity index (χ4v) is 2.81. The molecule has 0 bridgehead atoms. The Bertz CT molecular complexity index is 1020. The zero-order valence-electron chi connectivity index (χ0n) is 12.9. The lowest BCUT2D eigenvalue weighted by Gasteiger charge is -1.98. The van der Waals surface area contributed by atoms with Gasteiger partial charge in [-0.3, -0.25) is 4.79 Å². The van der Waals surface area contributed by atoms with Crippen LogP contribution < -0.4 is 5.32 Å². The van der Waals surface area contributed by atoms with Crippen LogP contribution >= 0.6 is 15.9 Å². The third kappa shape index (κ3) is 3.32. The summed E-state index contributed by atoms with van der Waals surface area (Å²) in [5.41, 5.74) is 1.50. The van der Waals surface area contributed by atoms with Crippen LogP contribution in [0.4, 0.5) is 0 Å². The highest BCUT2D eigenvalue weighted by Crippen LogP contribution is 2.21. The van der Waals surface area contributed by atoms with Gasteiger partial charge in [-0.05, 0) is 24.3 Å². The van der Waals surface area contributed by atoms with Gasteiger partial charge in [0.25, 0.3) is 5.91 Å². The summed E-state index contributed by atoms with van der Waals surface area (Å²) in [6.07, 6.45) is 0. The minimum Gasteiger partial charge on any atom is -0.451 e. The second-order valence-electron chi connectivity index (χ2n) is 5.35. The Morgan fingerprint density at radius 1 is 1.12 bits per heavy atom. The smallest absolute Gasteiger partial charge is 0.287 e. The lowest BCUT2D eigenvalue weighted by Crippen LogP contribution is -2.22. The Morgan fingerprint density at radius 3 is 2.84 bits per heavy atom. The van der Waals surface area contributed by atoms with Crippen LogP contribution in [0.2, 0.25) is 0 Å². The van der Waals surface area contributed by atoms with Crippen molar-refractivity contribution < 1.29 is 13.7 Å². The van der Waals surface area contributed by atoms with Crippen molar-refractivity contribution in [3.8, 4) is 11.4 Å². The molecule has 25 heavy (non-hydrogen) atoms. The third-order valence-corrected chi connectivity index (χ3v) is 4.09. The molecule has 1 N–H and O–H groups in total. The Labute approximate surface area is 151 Å². The molecule has 0 spiro atoms. The zero-order chi connectivity index (χ0) is 17.2. The topological polar surface area (TPSA) is 81.2 Å². The molecule has 0 radical (unpaired) electrons. The first-order valence-electron chi connectivity index (χ1n) is 7.54. The number of rotatable bonds is 4. The maximum absolute atomic E-state index is 12.2. The van der Waals surface area contributed by atoms with E-state index >= 15 is 0 Å². The van der Waals surface area contributed by atoms with Crippen molar-refractivity contribution in [2.45, 2.75) is 6.54 Å². The number of halogens is 1. The van der Waals surface area contributed by atoms with E-state index in [-0.39, 0.29) is 18.2 Å². The molecule has 2 heterocycles. The Morgan fingerprint density at radius 2 is 2.00 bits per heavy atom. The number of carbonyl (C=O) groups is 1. The van der Waals surface area contributed by atoms with Crippen molar-refractivity contribution in [1.82, 2.24) is 15.5 Å². The van der Waals surface area contributed by atoms with Crippen LogP contribution in [0, 0.1) is 0 Å². The molecule has 7 heteroatoms. The molecule has 4 aromatic rings. The molecule has 1 amide bonds. The molecule has 0 aliphatic rings. The van der Waals surface area contributed by atoms with Gasteiger partial charge < -0.3 is 14.3 Å². The van der Waals surface area contributed by atoms with E-state index in [2.05, 4.69) is 31.4 Å². The maximum atomic E-state index is 12.2. The quantitative estimate of drug-likeness (QED) is 0.558. The summed E-state index contributed by atoms with van der Waals surface area (Å²) < 4.78 is 11.6. The van der Waals surface area contributed by atoms with Gasteiger partial charge in [-0.25, -0.2) is 0 Å². The number of hydrogen-bond acceptors (Lipinski definition) is 5. The first-order valence-corrected chi connectivity index (χ1v) is 8.34. The third-order valence-electron chi connectivity index (χ3n) is 3.60. The summed E-state index contributed by atoms with van der Waals surface area (Å²) in [6.45, 7) is 0.122. The highest BCUT2D eigenvalue weighted by molar-refractivity contribution is 9.10.